The van der Waals surface area contributed by atoms with Gasteiger partial charge in [0.15, 0.2) is 0 Å². The highest BCUT2D eigenvalue weighted by atomic mass is 35.5. The van der Waals surface area contributed by atoms with Gasteiger partial charge in [0.25, 0.3) is 0 Å². The number of phenols is 1. The zero-order valence-corrected chi connectivity index (χ0v) is 64.5. The second kappa shape index (κ2) is 45.1. The molecule has 6 rings (SSSR count). The lowest BCUT2D eigenvalue weighted by atomic mass is 9.99. The van der Waals surface area contributed by atoms with Gasteiger partial charge >= 0.3 is 21.7 Å². The number of phenolic OH excluding ortho intramolecular Hbond substituents is 1. The maximum Gasteiger partial charge on any atom is 0.522 e. The fourth-order valence-electron chi connectivity index (χ4n) is 11.9. The number of carbonyl (C=O) groups is 12. The molecule has 1 saturated heterocycles. The number of aliphatic hydroxyl groups excluding tert-OH is 1. The number of pyridine rings is 1. The van der Waals surface area contributed by atoms with E-state index in [9.17, 15) is 80.9 Å². The topological polar surface area (TPSA) is 500 Å². The number of carbonyl (C=O) groups excluding carboxylic acids is 12. The van der Waals surface area contributed by atoms with Gasteiger partial charge in [0.1, 0.15) is 66.2 Å². The molecule has 0 spiro atoms. The van der Waals surface area contributed by atoms with Crippen molar-refractivity contribution in [1.82, 2.24) is 68.4 Å². The maximum atomic E-state index is 15.0. The monoisotopic (exact) mass is 1610 g/mol. The fourth-order valence-corrected chi connectivity index (χ4v) is 12.1. The number of nitrogens with two attached hydrogens (primary N) is 2. The number of nitrogens with one attached hydrogen (secondary N) is 11. The van der Waals surface area contributed by atoms with Crippen LogP contribution in [0.25, 0.3) is 10.8 Å². The molecule has 0 saturated carbocycles. The van der Waals surface area contributed by atoms with Gasteiger partial charge in [-0.05, 0) is 141 Å². The number of aromatic hydroxyl groups is 1. The van der Waals surface area contributed by atoms with Gasteiger partial charge in [-0.3, -0.25) is 62.3 Å². The molecule has 612 valence electrons. The number of urea groups is 1. The molecule has 18 N–H and O–H groups in total. The zero-order valence-electron chi connectivity index (χ0n) is 62.9. The van der Waals surface area contributed by atoms with Crippen molar-refractivity contribution in [2.24, 2.45) is 17.4 Å². The van der Waals surface area contributed by atoms with Crippen LogP contribution in [0.3, 0.4) is 0 Å². The molecule has 32 nitrogen and oxygen atoms in total. The van der Waals surface area contributed by atoms with Gasteiger partial charge in [0.05, 0.1) is 6.61 Å². The van der Waals surface area contributed by atoms with E-state index in [-0.39, 0.29) is 95.0 Å². The van der Waals surface area contributed by atoms with Gasteiger partial charge < -0.3 is 85.1 Å². The molecule has 0 unspecified atom stereocenters. The number of alkyl halides is 3. The van der Waals surface area contributed by atoms with E-state index < -0.39 is 154 Å². The first kappa shape index (κ1) is 92.0. The summed E-state index contributed by atoms with van der Waals surface area (Å²) in [4.78, 5) is 173. The van der Waals surface area contributed by atoms with Gasteiger partial charge in [-0.25, -0.2) is 4.79 Å². The van der Waals surface area contributed by atoms with E-state index in [1.807, 2.05) is 56.3 Å². The molecule has 1 aliphatic rings. The summed E-state index contributed by atoms with van der Waals surface area (Å²) in [5.41, 5.74) is 7.30. The number of rotatable bonds is 41. The number of hydrogen-bond acceptors (Lipinski definition) is 18. The largest absolute Gasteiger partial charge is 0.522 e. The Balaban J connectivity index is 0.00000265. The van der Waals surface area contributed by atoms with Crippen LogP contribution in [0.2, 0.25) is 5.02 Å². The first-order valence-corrected chi connectivity index (χ1v) is 38.2. The third-order valence-corrected chi connectivity index (χ3v) is 18.6. The summed E-state index contributed by atoms with van der Waals surface area (Å²) in [6, 6.07) is 14.4. The highest BCUT2D eigenvalue weighted by Gasteiger charge is 2.45. The number of hydrogen-bond donors (Lipinski definition) is 16. The van der Waals surface area contributed by atoms with Gasteiger partial charge in [0.2, 0.25) is 65.0 Å². The van der Waals surface area contributed by atoms with Crippen LogP contribution in [-0.4, -0.2) is 202 Å². The summed E-state index contributed by atoms with van der Waals surface area (Å²) >= 11 is 6.24. The predicted octanol–water partition coefficient (Wildman–Crippen LogP) is 2.18. The second-order valence-electron chi connectivity index (χ2n) is 27.8. The Morgan fingerprint density at radius 1 is 0.571 bits per heavy atom. The SMILES string of the molecule is CC(=O)N[C@H](Cc1ccc2ccccc2c1)C(=O)N[C@H](Cc1ccc(Cl)cc1)C(=O)N[C@H](Cc1cccnc1)C(=O)N[C@@H](CO)C(=O)N[C@@H](Cc1ccc(O)cc1)C(=O)N[C@H](CCCCNC(N)=O)C(=O)N[C@H](CC(C)C)C(=O)N[C@@H](CCCCNC(C)C)C(=O)N1CCC[C@H]1C(=O)N[C@H](C)C(N)=O.O=S(=O)(O)C(F)(F)F. The molecule has 0 radical (unpaired) electrons. The Morgan fingerprint density at radius 3 is 1.55 bits per heavy atom. The van der Waals surface area contributed by atoms with Crippen LogP contribution in [0.1, 0.15) is 122 Å². The third-order valence-electron chi connectivity index (χ3n) is 17.7. The standard InChI is InChI=1S/C74H100ClN15O14.CHF3O3S/c1-43(2)35-57(66(96)84-56(19-10-11-32-79-44(3)4)73(103)90-34-14-20-63(90)72(102)81-45(5)64(76)94)85-65(95)55(18-9-12-33-80-74(77)104)83-68(98)59(38-48-24-29-54(93)30-25-48)88-71(101)62(42-91)89-70(100)61(40-50-15-13-31-78-41-50)87-69(99)60(37-47-22-27-53(75)28-23-47)86-67(97)58(82-46(6)92)39-49-21-26-51-16-7-8-17-52(51)36-49;2-1(3,4)8(5,6)7/h7-8,13,15-17,21-31,36,41,43-45,55-63,79,91,93H,9-12,14,18-20,32-35,37-40,42H2,1-6H3,(H2,76,94)(H,81,102)(H,82,92)(H,83,98)(H,84,96)(H,85,95)(H,86,97)(H,87,99)(H,88,101)(H,89,100)(H3,77,80,104);(H,5,6,7)/t45-,55-,56+,57-,58-,59+,60-,61-,62+,63+;/m1./s1. The summed E-state index contributed by atoms with van der Waals surface area (Å²) in [5, 5.41) is 53.5. The normalized spacial score (nSPS) is 15.2. The Morgan fingerprint density at radius 2 is 1.04 bits per heavy atom. The minimum absolute atomic E-state index is 0.0327. The van der Waals surface area contributed by atoms with E-state index in [4.69, 9.17) is 36.0 Å². The van der Waals surface area contributed by atoms with Crippen LogP contribution in [-0.2, 0) is 88.5 Å². The maximum absolute atomic E-state index is 15.0. The van der Waals surface area contributed by atoms with Crippen molar-refractivity contribution in [2.45, 2.75) is 197 Å². The molecule has 2 heterocycles. The number of aliphatic hydroxyl groups is 1. The number of fused-ring (bicyclic) bond motifs is 1. The van der Waals surface area contributed by atoms with Crippen molar-refractivity contribution in [3.8, 4) is 5.75 Å². The van der Waals surface area contributed by atoms with Crippen molar-refractivity contribution in [3.05, 3.63) is 143 Å². The Kier molecular flexibility index (Phi) is 37.0. The third kappa shape index (κ3) is 31.7. The van der Waals surface area contributed by atoms with Crippen LogP contribution in [0.15, 0.2) is 116 Å². The van der Waals surface area contributed by atoms with Crippen molar-refractivity contribution in [2.75, 3.05) is 26.2 Å². The van der Waals surface area contributed by atoms with E-state index in [1.165, 1.54) is 55.4 Å². The predicted molar refractivity (Wildman–Crippen MR) is 408 cm³/mol. The first-order valence-electron chi connectivity index (χ1n) is 36.4. The van der Waals surface area contributed by atoms with Crippen molar-refractivity contribution < 1.29 is 93.9 Å². The summed E-state index contributed by atoms with van der Waals surface area (Å²) in [6.45, 7) is 10.1. The molecule has 10 atom stereocenters. The van der Waals surface area contributed by atoms with E-state index in [0.717, 1.165) is 10.8 Å². The Hall–Kier alpha value is -10.6. The van der Waals surface area contributed by atoms with E-state index in [1.54, 1.807) is 50.2 Å². The molecule has 0 bridgehead atoms. The van der Waals surface area contributed by atoms with E-state index >= 15 is 0 Å². The highest BCUT2D eigenvalue weighted by molar-refractivity contribution is 7.86. The number of benzene rings is 4. The summed E-state index contributed by atoms with van der Waals surface area (Å²) in [6.07, 6.45) is 4.59. The number of likely N-dealkylation sites (tertiary alicyclic amines) is 1. The lowest BCUT2D eigenvalue weighted by Crippen LogP contribution is -2.61. The van der Waals surface area contributed by atoms with Crippen LogP contribution < -0.4 is 70.0 Å². The second-order valence-corrected chi connectivity index (χ2v) is 29.6. The average Bonchev–Trinajstić information content (AvgIpc) is 1.67. The molecular weight excluding hydrogens is 1510 g/mol. The van der Waals surface area contributed by atoms with Crippen LogP contribution in [0.5, 0.6) is 5.75 Å². The smallest absolute Gasteiger partial charge is 0.508 e. The molecule has 0 aliphatic carbocycles. The lowest BCUT2D eigenvalue weighted by Gasteiger charge is -2.31. The minimum Gasteiger partial charge on any atom is -0.508 e. The van der Waals surface area contributed by atoms with Gasteiger partial charge in [-0.2, -0.15) is 21.6 Å². The quantitative estimate of drug-likeness (QED) is 0.0151. The Labute approximate surface area is 651 Å². The zero-order chi connectivity index (χ0) is 83.0. The van der Waals surface area contributed by atoms with E-state index in [2.05, 4.69) is 63.5 Å². The molecule has 112 heavy (non-hydrogen) atoms. The molecule has 13 amide bonds. The van der Waals surface area contributed by atoms with Gasteiger partial charge in [0, 0.05) is 69.2 Å². The number of unbranched alkanes of at least 4 members (excludes halogenated alkanes) is 2. The molecule has 1 fully saturated rings. The number of nitrogens with zero attached hydrogens (tertiary/aromatic N) is 2. The van der Waals surface area contributed by atoms with Crippen molar-refractivity contribution >= 4 is 104 Å². The first-order chi connectivity index (χ1) is 52.8. The fraction of sp³-hybridized carbons (Fsp3) is 0.480. The molecule has 4 aromatic carbocycles. The average molecular weight is 1610 g/mol. The van der Waals surface area contributed by atoms with Crippen molar-refractivity contribution in [3.63, 3.8) is 0 Å². The molecule has 1 aromatic heterocycles. The lowest BCUT2D eigenvalue weighted by molar-refractivity contribution is -0.142. The number of primary amides is 2. The van der Waals surface area contributed by atoms with Crippen LogP contribution in [0, 0.1) is 5.92 Å². The van der Waals surface area contributed by atoms with E-state index in [0.29, 0.717) is 53.1 Å². The number of halogens is 4. The summed E-state index contributed by atoms with van der Waals surface area (Å²) < 4.78 is 57.5. The molecular formula is C75H101ClF3N15O17S. The summed E-state index contributed by atoms with van der Waals surface area (Å²) in [5.74, 6) is -9.07. The van der Waals surface area contributed by atoms with Gasteiger partial charge in [-0.15, -0.1) is 0 Å². The summed E-state index contributed by atoms with van der Waals surface area (Å²) in [7, 11) is -5.84. The highest BCUT2D eigenvalue weighted by Crippen LogP contribution is 2.24. The van der Waals surface area contributed by atoms with Gasteiger partial charge in [-0.1, -0.05) is 112 Å². The van der Waals surface area contributed by atoms with Crippen LogP contribution >= 0.6 is 11.6 Å². The molecule has 1 aliphatic heterocycles. The molecule has 5 aromatic rings. The van der Waals surface area contributed by atoms with Crippen molar-refractivity contribution in [1.29, 1.82) is 0 Å². The Bertz CT molecular complexity index is 4130. The molecule has 37 heteroatoms. The van der Waals surface area contributed by atoms with Crippen LogP contribution in [0.4, 0.5) is 18.0 Å². The minimum atomic E-state index is -5.84. The number of amides is 13. The number of aromatic nitrogens is 1.